The van der Waals surface area contributed by atoms with Crippen molar-refractivity contribution in [2.24, 2.45) is 11.8 Å². The van der Waals surface area contributed by atoms with E-state index in [2.05, 4.69) is 39.8 Å². The van der Waals surface area contributed by atoms with E-state index < -0.39 is 85.9 Å². The van der Waals surface area contributed by atoms with Gasteiger partial charge in [0.2, 0.25) is 0 Å². The van der Waals surface area contributed by atoms with Crippen molar-refractivity contribution < 1.29 is 74.5 Å². The number of carbonyl (C=O) groups excluding carboxylic acids is 2. The maximum Gasteiger partial charge on any atom is 0.181 e. The second kappa shape index (κ2) is 18.0. The average Bonchev–Trinajstić information content (AvgIpc) is 1.38. The number of Topliss-reactive ketones (excluding diaryl/α,β-unsaturated/α-hetero) is 2. The first-order chi connectivity index (χ1) is 44.2. The summed E-state index contributed by atoms with van der Waals surface area (Å²) in [5.41, 5.74) is -3.11. The number of carbonyl (C=O) groups is 2. The summed E-state index contributed by atoms with van der Waals surface area (Å²) in [4.78, 5) is 36.7. The Morgan fingerprint density at radius 3 is 1.48 bits per heavy atom. The van der Waals surface area contributed by atoms with Crippen molar-refractivity contribution in [1.82, 2.24) is 20.0 Å². The minimum absolute atomic E-state index is 0.00541. The van der Waals surface area contributed by atoms with Crippen LogP contribution in [-0.4, -0.2) is 195 Å². The molecule has 8 aliphatic carbocycles. The summed E-state index contributed by atoms with van der Waals surface area (Å²) in [5.74, 6) is -1.06. The maximum atomic E-state index is 15.1. The number of ketones is 2. The van der Waals surface area contributed by atoms with E-state index in [0.717, 1.165) is 56.6 Å². The first-order valence-corrected chi connectivity index (χ1v) is 33.4. The monoisotopic (exact) mass is 1250 g/mol. The van der Waals surface area contributed by atoms with E-state index in [0.29, 0.717) is 109 Å². The molecule has 19 heteroatoms. The fraction of sp³-hybridized carbons (Fsp3) is 0.534. The van der Waals surface area contributed by atoms with E-state index in [4.69, 9.17) is 18.9 Å². The third-order valence-corrected chi connectivity index (χ3v) is 27.7. The van der Waals surface area contributed by atoms with Crippen LogP contribution in [0.3, 0.4) is 0 Å². The molecule has 7 fully saturated rings. The first-order valence-electron chi connectivity index (χ1n) is 33.4. The van der Waals surface area contributed by atoms with Crippen molar-refractivity contribution in [1.29, 1.82) is 0 Å². The van der Waals surface area contributed by atoms with Gasteiger partial charge in [0.1, 0.15) is 17.8 Å². The molecule has 0 aromatic heterocycles. The zero-order valence-electron chi connectivity index (χ0n) is 51.3. The number of aromatic hydroxyl groups is 4. The molecule has 92 heavy (non-hydrogen) atoms. The summed E-state index contributed by atoms with van der Waals surface area (Å²) >= 11 is 0. The molecule has 11 unspecified atom stereocenters. The summed E-state index contributed by atoms with van der Waals surface area (Å²) in [6.45, 7) is 16.3. The Morgan fingerprint density at radius 2 is 0.935 bits per heavy atom. The minimum Gasteiger partial charge on any atom is -0.504 e. The molecule has 0 radical (unpaired) electrons. The average molecular weight is 1250 g/mol. The molecule has 8 aliphatic heterocycles. The molecule has 3 saturated carbocycles. The summed E-state index contributed by atoms with van der Waals surface area (Å²) in [6.07, 6.45) is 8.84. The van der Waals surface area contributed by atoms with Crippen LogP contribution in [0.4, 0.5) is 0 Å². The van der Waals surface area contributed by atoms with Gasteiger partial charge >= 0.3 is 0 Å². The first kappa shape index (κ1) is 56.7. The number of benzene rings is 4. The number of hydrogen-bond donors (Lipinski definition) is 10. The van der Waals surface area contributed by atoms with Gasteiger partial charge in [-0.1, -0.05) is 48.6 Å². The van der Waals surface area contributed by atoms with Crippen LogP contribution in [0.5, 0.6) is 46.0 Å². The normalized spacial score (nSPS) is 43.9. The van der Waals surface area contributed by atoms with Crippen molar-refractivity contribution in [3.05, 3.63) is 143 Å². The molecule has 16 aliphatic rings. The molecule has 480 valence electrons. The Labute approximate surface area is 531 Å². The molecule has 8 bridgehead atoms. The molecule has 4 saturated heterocycles. The summed E-state index contributed by atoms with van der Waals surface area (Å²) < 4.78 is 26.4. The van der Waals surface area contributed by atoms with Gasteiger partial charge in [-0.25, -0.2) is 0 Å². The van der Waals surface area contributed by atoms with Crippen molar-refractivity contribution in [3.63, 3.8) is 0 Å². The van der Waals surface area contributed by atoms with Crippen LogP contribution >= 0.6 is 0 Å². The predicted molar refractivity (Wildman–Crippen MR) is 331 cm³/mol. The lowest BCUT2D eigenvalue weighted by molar-refractivity contribution is -0.261. The lowest BCUT2D eigenvalue weighted by Gasteiger charge is -2.68. The predicted octanol–water partition coefficient (Wildman–Crippen LogP) is 3.92. The fourth-order valence-corrected chi connectivity index (χ4v) is 24.2. The standard InChI is InChI=1S/C38H42N2O8.C35H36N2O7/c1-3-13-39-16-12-35-28-21-6-8-24(42)31(28)48-33(35)36(44,9-10-37(35,45)25(39)17-21)22-19-38(46)26-18-20-5-7-23(41)30-27(20)34(38,32(47-30)29(22)43)11-15-40(26)14-4-2;1-2-12-37-13-10-33-26-18-4-6-21(38)28(26)43-30(33)19(7-8-34(33,41)24(37)15-18)20-16-35(42)23-14-17-3-5-22(39)29-25(17)32(35,9-11-36-23)31(44-29)27(20)40/h3-8,22,25-26,32-33,41-42,44-46H,1-2,9-19H2;2-7,20,23-24,30-31,36,38-39,41-42H,1,8-16H2/t22?,25?,26?,32?,33?,34-,35-,36?,37+,38+;20?,23?,24?,30?,31?,32-,33-,34+,35+/m00/s1. The van der Waals surface area contributed by atoms with E-state index in [9.17, 15) is 50.8 Å². The zero-order valence-corrected chi connectivity index (χ0v) is 51.3. The van der Waals surface area contributed by atoms with E-state index in [1.807, 2.05) is 48.6 Å². The van der Waals surface area contributed by atoms with Crippen LogP contribution in [0.25, 0.3) is 0 Å². The molecule has 0 amide bonds. The lowest BCUT2D eigenvalue weighted by atomic mass is 9.42. The van der Waals surface area contributed by atoms with Gasteiger partial charge in [-0.05, 0) is 149 Å². The number of nitrogens with one attached hydrogen (secondary N) is 1. The van der Waals surface area contributed by atoms with Crippen LogP contribution in [0.1, 0.15) is 102 Å². The summed E-state index contributed by atoms with van der Waals surface area (Å²) in [6, 6.07) is 13.0. The molecular weight excluding hydrogens is 1170 g/mol. The Kier molecular flexibility index (Phi) is 11.1. The van der Waals surface area contributed by atoms with E-state index in [-0.39, 0.29) is 95.9 Å². The molecule has 4 aromatic carbocycles. The summed E-state index contributed by atoms with van der Waals surface area (Å²) in [5, 5.41) is 113. The lowest BCUT2D eigenvalue weighted by Crippen LogP contribution is -2.83. The Morgan fingerprint density at radius 1 is 0.489 bits per heavy atom. The fourth-order valence-electron chi connectivity index (χ4n) is 24.2. The Bertz CT molecular complexity index is 4120. The van der Waals surface area contributed by atoms with Gasteiger partial charge in [0, 0.05) is 85.1 Å². The number of aliphatic hydroxyl groups is 5. The quantitative estimate of drug-likeness (QED) is 0.112. The molecule has 20 rings (SSSR count). The molecule has 19 nitrogen and oxygen atoms in total. The van der Waals surface area contributed by atoms with Gasteiger partial charge < -0.3 is 70.2 Å². The number of phenols is 4. The number of ether oxygens (including phenoxy) is 4. The minimum atomic E-state index is -1.80. The number of hydrogen-bond acceptors (Lipinski definition) is 19. The SMILES string of the molecule is C=CCN1CC[C@]23c4c5ccc(O)c4OC2C(=O)C(C2(O)CC[C@@]4(O)C6Cc7ccc(O)c8c7[C@@]4(CCN6CC=C)C2O8)C[C@@]3(O)C1C5.C=CCN1CC[C@]23c4c5ccc(O)c4OC2C(C2C[C@@]4(O)C6Cc7ccc(O)c8c7[C@@]4(CCN6)C(O8)C2=O)=CC[C@@]3(O)C1C5. The number of likely N-dealkylation sites (tertiary alicyclic amines) is 3. The second-order valence-corrected chi connectivity index (χ2v) is 30.3. The van der Waals surface area contributed by atoms with E-state index in [1.54, 1.807) is 24.3 Å². The van der Waals surface area contributed by atoms with Crippen LogP contribution < -0.4 is 24.3 Å². The Balaban J connectivity index is 0.000000132. The maximum absolute atomic E-state index is 15.1. The molecule has 4 spiro atoms. The van der Waals surface area contributed by atoms with Crippen molar-refractivity contribution >= 4 is 11.6 Å². The van der Waals surface area contributed by atoms with E-state index in [1.165, 1.54) is 0 Å². The van der Waals surface area contributed by atoms with Gasteiger partial charge in [0.15, 0.2) is 69.8 Å². The van der Waals surface area contributed by atoms with Crippen LogP contribution in [0.2, 0.25) is 0 Å². The van der Waals surface area contributed by atoms with Gasteiger partial charge in [-0.15, -0.1) is 19.7 Å². The third kappa shape index (κ3) is 6.00. The largest absolute Gasteiger partial charge is 0.504 e. The number of nitrogens with zero attached hydrogens (tertiary/aromatic N) is 3. The number of phenolic OH excluding ortho intramolecular Hbond substituents is 4. The topological polar surface area (TPSA) is 275 Å². The van der Waals surface area contributed by atoms with Crippen molar-refractivity contribution in [2.75, 3.05) is 45.8 Å². The van der Waals surface area contributed by atoms with Crippen LogP contribution in [0, 0.1) is 11.8 Å². The molecule has 19 atom stereocenters. The number of rotatable bonds is 8. The van der Waals surface area contributed by atoms with E-state index >= 15 is 4.79 Å². The van der Waals surface area contributed by atoms with Crippen molar-refractivity contribution in [3.8, 4) is 46.0 Å². The molecular formula is C73H78N4O15. The highest BCUT2D eigenvalue weighted by atomic mass is 16.5. The third-order valence-electron chi connectivity index (χ3n) is 27.7. The zero-order chi connectivity index (χ0) is 63.1. The highest BCUT2D eigenvalue weighted by molar-refractivity contribution is 5.95. The highest BCUT2D eigenvalue weighted by Crippen LogP contribution is 2.73. The van der Waals surface area contributed by atoms with Gasteiger partial charge in [-0.2, -0.15) is 0 Å². The molecule has 4 aromatic rings. The van der Waals surface area contributed by atoms with Crippen LogP contribution in [0.15, 0.2) is 98.1 Å². The molecule has 8 heterocycles. The van der Waals surface area contributed by atoms with Gasteiger partial charge in [-0.3, -0.25) is 24.3 Å². The van der Waals surface area contributed by atoms with Crippen molar-refractivity contribution in [2.45, 2.75) is 182 Å². The van der Waals surface area contributed by atoms with Crippen LogP contribution in [-0.2, 0) is 56.9 Å². The van der Waals surface area contributed by atoms with Gasteiger partial charge in [0.05, 0.1) is 50.0 Å². The Hall–Kier alpha value is -6.78. The number of piperidine rings is 4. The highest BCUT2D eigenvalue weighted by Gasteiger charge is 2.83. The smallest absolute Gasteiger partial charge is 0.181 e. The molecule has 10 N–H and O–H groups in total. The van der Waals surface area contributed by atoms with Gasteiger partial charge in [0.25, 0.3) is 0 Å². The summed E-state index contributed by atoms with van der Waals surface area (Å²) in [7, 11) is 0. The second-order valence-electron chi connectivity index (χ2n) is 30.3.